The van der Waals surface area contributed by atoms with E-state index < -0.39 is 0 Å². The molecule has 92 valence electrons. The maximum Gasteiger partial charge on any atom is 0.0547 e. The molecular weight excluding hydrogens is 216 g/mol. The summed E-state index contributed by atoms with van der Waals surface area (Å²) in [5, 5.41) is 9.56. The van der Waals surface area contributed by atoms with E-state index in [-0.39, 0.29) is 0 Å². The Hall–Kier alpha value is 0.310. The molecule has 1 nitrogen and oxygen atoms in total. The summed E-state index contributed by atoms with van der Waals surface area (Å²) < 4.78 is 0. The summed E-state index contributed by atoms with van der Waals surface area (Å²) in [5.41, 5.74) is 0.683. The van der Waals surface area contributed by atoms with Crippen molar-refractivity contribution in [1.29, 1.82) is 0 Å². The van der Waals surface area contributed by atoms with Crippen molar-refractivity contribution in [3.63, 3.8) is 0 Å². The van der Waals surface area contributed by atoms with Crippen LogP contribution in [-0.4, -0.2) is 22.7 Å². The van der Waals surface area contributed by atoms with Crippen molar-refractivity contribution < 1.29 is 5.11 Å². The van der Waals surface area contributed by atoms with Crippen molar-refractivity contribution in [2.75, 3.05) is 12.4 Å². The van der Waals surface area contributed by atoms with Gasteiger partial charge in [0.05, 0.1) is 6.61 Å². The quantitative estimate of drug-likeness (QED) is 0.813. The number of aliphatic hydroxyl groups is 1. The summed E-state index contributed by atoms with van der Waals surface area (Å²) in [6, 6.07) is 0. The van der Waals surface area contributed by atoms with Gasteiger partial charge in [-0.2, -0.15) is 11.8 Å². The minimum Gasteiger partial charge on any atom is -0.395 e. The average molecular weight is 240 g/mol. The molecule has 0 amide bonds. The fraction of sp³-hybridized carbons (Fsp3) is 1.00. The summed E-state index contributed by atoms with van der Waals surface area (Å²) >= 11 is 2.01. The molecule has 0 saturated heterocycles. The molecule has 0 aromatic rings. The highest BCUT2D eigenvalue weighted by Crippen LogP contribution is 2.60. The second kappa shape index (κ2) is 4.20. The molecule has 0 aromatic carbocycles. The van der Waals surface area contributed by atoms with E-state index in [2.05, 4.69) is 6.92 Å². The maximum atomic E-state index is 9.13. The molecule has 4 saturated carbocycles. The van der Waals surface area contributed by atoms with Crippen LogP contribution in [0.1, 0.15) is 45.4 Å². The summed E-state index contributed by atoms with van der Waals surface area (Å²) in [6.45, 7) is 2.50. The van der Waals surface area contributed by atoms with E-state index in [4.69, 9.17) is 5.11 Å². The van der Waals surface area contributed by atoms with Gasteiger partial charge in [-0.05, 0) is 67.4 Å². The van der Waals surface area contributed by atoms with Crippen molar-refractivity contribution in [1.82, 2.24) is 0 Å². The maximum absolute atomic E-state index is 9.13. The highest BCUT2D eigenvalue weighted by molar-refractivity contribution is 7.99. The standard InChI is InChI=1S/C14H24OS/c1-10(8-15)16-9-14-5-11-2-12(6-14)4-13(3-11)7-14/h10-13,15H,2-9H2,1H3. The third-order valence-electron chi connectivity index (χ3n) is 5.10. The molecule has 1 unspecified atom stereocenters. The lowest BCUT2D eigenvalue weighted by atomic mass is 9.50. The van der Waals surface area contributed by atoms with E-state index in [1.807, 2.05) is 11.8 Å². The lowest BCUT2D eigenvalue weighted by Gasteiger charge is -2.57. The van der Waals surface area contributed by atoms with Crippen LogP contribution < -0.4 is 0 Å². The number of hydrogen-bond acceptors (Lipinski definition) is 2. The van der Waals surface area contributed by atoms with Gasteiger partial charge in [0.1, 0.15) is 0 Å². The van der Waals surface area contributed by atoms with Gasteiger partial charge in [-0.3, -0.25) is 0 Å². The third-order valence-corrected chi connectivity index (χ3v) is 6.59. The molecular formula is C14H24OS. The lowest BCUT2D eigenvalue weighted by Crippen LogP contribution is -2.47. The van der Waals surface area contributed by atoms with Gasteiger partial charge in [-0.1, -0.05) is 6.92 Å². The van der Waals surface area contributed by atoms with E-state index >= 15 is 0 Å². The molecule has 4 rings (SSSR count). The Labute approximate surface area is 103 Å². The first-order chi connectivity index (χ1) is 7.69. The highest BCUT2D eigenvalue weighted by atomic mass is 32.2. The zero-order valence-electron chi connectivity index (χ0n) is 10.3. The Kier molecular flexibility index (Phi) is 3.00. The van der Waals surface area contributed by atoms with Crippen LogP contribution in [0.15, 0.2) is 0 Å². The molecule has 16 heavy (non-hydrogen) atoms. The van der Waals surface area contributed by atoms with Crippen molar-refractivity contribution in [2.24, 2.45) is 23.2 Å². The van der Waals surface area contributed by atoms with E-state index in [1.54, 1.807) is 19.3 Å². The van der Waals surface area contributed by atoms with Crippen LogP contribution in [-0.2, 0) is 0 Å². The van der Waals surface area contributed by atoms with Gasteiger partial charge in [0.15, 0.2) is 0 Å². The first kappa shape index (κ1) is 11.4. The first-order valence-corrected chi connectivity index (χ1v) is 7.96. The Morgan fingerprint density at radius 2 is 1.62 bits per heavy atom. The molecule has 0 spiro atoms. The summed E-state index contributed by atoms with van der Waals surface area (Å²) in [5.74, 6) is 4.52. The number of rotatable bonds is 4. The van der Waals surface area contributed by atoms with Crippen LogP contribution in [0.25, 0.3) is 0 Å². The van der Waals surface area contributed by atoms with Crippen molar-refractivity contribution in [3.8, 4) is 0 Å². The van der Waals surface area contributed by atoms with E-state index in [0.29, 0.717) is 17.3 Å². The molecule has 1 atom stereocenters. The fourth-order valence-electron chi connectivity index (χ4n) is 4.84. The van der Waals surface area contributed by atoms with E-state index in [0.717, 1.165) is 17.8 Å². The van der Waals surface area contributed by atoms with Gasteiger partial charge in [-0.15, -0.1) is 0 Å². The Balaban J connectivity index is 1.64. The lowest BCUT2D eigenvalue weighted by molar-refractivity contribution is -0.0382. The van der Waals surface area contributed by atoms with Gasteiger partial charge in [-0.25, -0.2) is 0 Å². The minimum absolute atomic E-state index is 0.344. The zero-order valence-corrected chi connectivity index (χ0v) is 11.1. The first-order valence-electron chi connectivity index (χ1n) is 6.91. The molecule has 2 heteroatoms. The van der Waals surface area contributed by atoms with Crippen LogP contribution in [0.5, 0.6) is 0 Å². The topological polar surface area (TPSA) is 20.2 Å². The van der Waals surface area contributed by atoms with Crippen LogP contribution in [0.4, 0.5) is 0 Å². The third kappa shape index (κ3) is 2.03. The molecule has 0 aromatic heterocycles. The molecule has 0 aliphatic heterocycles. The summed E-state index contributed by atoms with van der Waals surface area (Å²) in [7, 11) is 0. The van der Waals surface area contributed by atoms with Gasteiger partial charge < -0.3 is 5.11 Å². The number of thioether (sulfide) groups is 1. The Morgan fingerprint density at radius 3 is 2.06 bits per heavy atom. The molecule has 4 fully saturated rings. The molecule has 4 aliphatic carbocycles. The largest absolute Gasteiger partial charge is 0.395 e. The molecule has 4 bridgehead atoms. The van der Waals surface area contributed by atoms with Gasteiger partial charge >= 0.3 is 0 Å². The van der Waals surface area contributed by atoms with Crippen LogP contribution in [0.2, 0.25) is 0 Å². The molecule has 4 aliphatic rings. The van der Waals surface area contributed by atoms with Crippen LogP contribution >= 0.6 is 11.8 Å². The predicted octanol–water partition coefficient (Wildman–Crippen LogP) is 3.32. The zero-order chi connectivity index (χ0) is 11.2. The Bertz CT molecular complexity index is 228. The number of aliphatic hydroxyl groups excluding tert-OH is 1. The molecule has 0 heterocycles. The Morgan fingerprint density at radius 1 is 1.12 bits per heavy atom. The summed E-state index contributed by atoms with van der Waals surface area (Å²) in [6.07, 6.45) is 9.14. The molecule has 1 N–H and O–H groups in total. The SMILES string of the molecule is CC(CO)SCC12CC3CC(CC(C3)C1)C2. The smallest absolute Gasteiger partial charge is 0.0547 e. The van der Waals surface area contributed by atoms with E-state index in [9.17, 15) is 0 Å². The monoisotopic (exact) mass is 240 g/mol. The van der Waals surface area contributed by atoms with Gasteiger partial charge in [0.25, 0.3) is 0 Å². The van der Waals surface area contributed by atoms with Gasteiger partial charge in [0.2, 0.25) is 0 Å². The van der Waals surface area contributed by atoms with Crippen molar-refractivity contribution >= 4 is 11.8 Å². The van der Waals surface area contributed by atoms with Gasteiger partial charge in [0, 0.05) is 5.25 Å². The second-order valence-electron chi connectivity index (χ2n) is 6.72. The minimum atomic E-state index is 0.344. The number of hydrogen-bond donors (Lipinski definition) is 1. The normalized spacial score (nSPS) is 47.2. The van der Waals surface area contributed by atoms with Crippen molar-refractivity contribution in [2.45, 2.75) is 50.7 Å². The highest BCUT2D eigenvalue weighted by Gasteiger charge is 2.50. The van der Waals surface area contributed by atoms with Crippen molar-refractivity contribution in [3.05, 3.63) is 0 Å². The second-order valence-corrected chi connectivity index (χ2v) is 8.15. The van der Waals surface area contributed by atoms with E-state index in [1.165, 1.54) is 25.0 Å². The predicted molar refractivity (Wildman–Crippen MR) is 69.6 cm³/mol. The van der Waals surface area contributed by atoms with Crippen LogP contribution in [0.3, 0.4) is 0 Å². The summed E-state index contributed by atoms with van der Waals surface area (Å²) in [4.78, 5) is 0. The van der Waals surface area contributed by atoms with Crippen LogP contribution in [0, 0.1) is 23.2 Å². The molecule has 0 radical (unpaired) electrons. The fourth-order valence-corrected chi connectivity index (χ4v) is 5.94. The average Bonchev–Trinajstić information content (AvgIpc) is 2.24.